The zero-order chi connectivity index (χ0) is 23.0. The molecule has 0 bridgehead atoms. The number of carbonyl (C=O) groups is 1. The second-order valence-electron chi connectivity index (χ2n) is 6.85. The van der Waals surface area contributed by atoms with Crippen LogP contribution in [0.1, 0.15) is 11.1 Å². The van der Waals surface area contributed by atoms with E-state index in [1.54, 1.807) is 48.5 Å². The van der Waals surface area contributed by atoms with Gasteiger partial charge in [0.05, 0.1) is 21.2 Å². The van der Waals surface area contributed by atoms with Gasteiger partial charge in [-0.2, -0.15) is 0 Å². The predicted octanol–water partition coefficient (Wildman–Crippen LogP) is 7.36. The first-order valence-corrected chi connectivity index (χ1v) is 13.1. The molecule has 0 atom stereocenters. The first-order valence-electron chi connectivity index (χ1n) is 9.10. The molecule has 4 rings (SSSR count). The number of halogens is 4. The first kappa shape index (κ1) is 23.5. The average Bonchev–Trinajstić information content (AvgIpc) is 2.73. The molecule has 1 aliphatic rings. The summed E-state index contributed by atoms with van der Waals surface area (Å²) < 4.78 is 26.1. The summed E-state index contributed by atoms with van der Waals surface area (Å²) in [6.45, 7) is 0. The van der Waals surface area contributed by atoms with E-state index < -0.39 is 9.84 Å². The van der Waals surface area contributed by atoms with Crippen LogP contribution in [0.4, 0.5) is 5.69 Å². The lowest BCUT2D eigenvalue weighted by Crippen LogP contribution is -2.17. The lowest BCUT2D eigenvalue weighted by molar-refractivity contribution is -0.112. The van der Waals surface area contributed by atoms with E-state index in [0.717, 1.165) is 11.8 Å². The number of nitrogens with one attached hydrogen (secondary N) is 1. The Morgan fingerprint density at radius 3 is 2.31 bits per heavy atom. The third-order valence-corrected chi connectivity index (χ3v) is 8.64. The van der Waals surface area contributed by atoms with Crippen molar-refractivity contribution in [2.45, 2.75) is 15.5 Å². The fourth-order valence-electron chi connectivity index (χ4n) is 3.03. The van der Waals surface area contributed by atoms with Gasteiger partial charge in [-0.05, 0) is 54.1 Å². The van der Waals surface area contributed by atoms with E-state index in [4.69, 9.17) is 46.4 Å². The molecule has 0 radical (unpaired) electrons. The van der Waals surface area contributed by atoms with Crippen LogP contribution in [0.25, 0.3) is 6.08 Å². The molecule has 1 N–H and O–H groups in total. The van der Waals surface area contributed by atoms with Crippen molar-refractivity contribution < 1.29 is 13.2 Å². The van der Waals surface area contributed by atoms with Crippen molar-refractivity contribution in [2.75, 3.05) is 5.32 Å². The number of thioether (sulfide) groups is 1. The Balaban J connectivity index is 1.67. The largest absolute Gasteiger partial charge is 0.320 e. The lowest BCUT2D eigenvalue weighted by Gasteiger charge is -2.20. The maximum Gasteiger partial charge on any atom is 0.262 e. The van der Waals surface area contributed by atoms with Crippen LogP contribution < -0.4 is 5.32 Å². The lowest BCUT2D eigenvalue weighted by atomic mass is 10.2. The molecule has 0 saturated heterocycles. The molecule has 3 aromatic carbocycles. The number of hydrogen-bond acceptors (Lipinski definition) is 4. The first-order chi connectivity index (χ1) is 15.1. The normalized spacial score (nSPS) is 14.9. The van der Waals surface area contributed by atoms with Gasteiger partial charge in [-0.25, -0.2) is 8.42 Å². The minimum absolute atomic E-state index is 0.0970. The molecule has 0 aromatic heterocycles. The molecule has 0 aliphatic carbocycles. The van der Waals surface area contributed by atoms with E-state index in [9.17, 15) is 13.2 Å². The zero-order valence-corrected chi connectivity index (χ0v) is 20.7. The molecule has 3 aromatic rings. The van der Waals surface area contributed by atoms with Crippen LogP contribution in [0.3, 0.4) is 0 Å². The van der Waals surface area contributed by atoms with Crippen molar-refractivity contribution in [2.24, 2.45) is 0 Å². The molecule has 10 heteroatoms. The van der Waals surface area contributed by atoms with Crippen molar-refractivity contribution in [3.8, 4) is 0 Å². The van der Waals surface area contributed by atoms with Crippen LogP contribution in [0.5, 0.6) is 0 Å². The zero-order valence-electron chi connectivity index (χ0n) is 16.0. The minimum Gasteiger partial charge on any atom is -0.320 e. The Morgan fingerprint density at radius 1 is 0.906 bits per heavy atom. The second kappa shape index (κ2) is 9.29. The van der Waals surface area contributed by atoms with Crippen LogP contribution in [0.15, 0.2) is 69.3 Å². The highest BCUT2D eigenvalue weighted by Gasteiger charge is 2.25. The fraction of sp³-hybridized carbons (Fsp3) is 0.0455. The molecule has 1 amide bonds. The molecular weight excluding hydrogens is 532 g/mol. The van der Waals surface area contributed by atoms with Gasteiger partial charge in [-0.3, -0.25) is 4.79 Å². The Bertz CT molecular complexity index is 1370. The second-order valence-corrected chi connectivity index (χ2v) is 11.6. The van der Waals surface area contributed by atoms with Gasteiger partial charge in [0.1, 0.15) is 0 Å². The van der Waals surface area contributed by atoms with E-state index in [-0.39, 0.29) is 26.6 Å². The third-order valence-electron chi connectivity index (χ3n) is 4.65. The van der Waals surface area contributed by atoms with Crippen LogP contribution in [-0.4, -0.2) is 14.3 Å². The smallest absolute Gasteiger partial charge is 0.262 e. The van der Waals surface area contributed by atoms with Crippen LogP contribution >= 0.6 is 58.2 Å². The third kappa shape index (κ3) is 4.96. The monoisotopic (exact) mass is 543 g/mol. The maximum absolute atomic E-state index is 13.0. The highest BCUT2D eigenvalue weighted by molar-refractivity contribution is 8.04. The number of amides is 1. The fourth-order valence-corrected chi connectivity index (χ4v) is 6.67. The summed E-state index contributed by atoms with van der Waals surface area (Å²) in [5.41, 5.74) is 1.48. The van der Waals surface area contributed by atoms with Gasteiger partial charge in [-0.15, -0.1) is 0 Å². The van der Waals surface area contributed by atoms with E-state index >= 15 is 0 Å². The van der Waals surface area contributed by atoms with Gasteiger partial charge >= 0.3 is 0 Å². The molecule has 32 heavy (non-hydrogen) atoms. The van der Waals surface area contributed by atoms with Gasteiger partial charge in [0, 0.05) is 30.5 Å². The Kier molecular flexibility index (Phi) is 6.82. The summed E-state index contributed by atoms with van der Waals surface area (Å²) in [4.78, 5) is 13.6. The Hall–Kier alpha value is -1.67. The molecule has 0 spiro atoms. The summed E-state index contributed by atoms with van der Waals surface area (Å²) in [5.74, 6) is -0.656. The van der Waals surface area contributed by atoms with E-state index in [2.05, 4.69) is 5.32 Å². The number of rotatable bonds is 4. The summed E-state index contributed by atoms with van der Waals surface area (Å²) in [6.07, 6.45) is 1.63. The van der Waals surface area contributed by atoms with Crippen molar-refractivity contribution >= 4 is 85.7 Å². The molecule has 0 unspecified atom stereocenters. The van der Waals surface area contributed by atoms with Crippen LogP contribution in [0.2, 0.25) is 20.1 Å². The molecule has 1 aliphatic heterocycles. The maximum atomic E-state index is 13.0. The SMILES string of the molecule is O=C1Nc2ccc(S(=O)(=O)Cc3c(Cl)cccc3Cl)cc2S/C1=C/c1ccc(Cl)cc1Cl. The van der Waals surface area contributed by atoms with Crippen LogP contribution in [0, 0.1) is 0 Å². The standard InChI is InChI=1S/C22H13Cl4NO3S2/c23-13-5-4-12(18(26)9-13)8-21-22(28)27-19-7-6-14(10-20(19)31-21)32(29,30)11-15-16(24)2-1-3-17(15)25/h1-10H,11H2,(H,27,28)/b21-8+. The van der Waals surface area contributed by atoms with E-state index in [1.165, 1.54) is 12.1 Å². The molecule has 164 valence electrons. The van der Waals surface area contributed by atoms with Gasteiger partial charge in [0.15, 0.2) is 9.84 Å². The predicted molar refractivity (Wildman–Crippen MR) is 133 cm³/mol. The van der Waals surface area contributed by atoms with Crippen LogP contribution in [-0.2, 0) is 20.4 Å². The molecule has 1 heterocycles. The number of benzene rings is 3. The van der Waals surface area contributed by atoms with Gasteiger partial charge < -0.3 is 5.32 Å². The molecular formula is C22H13Cl4NO3S2. The van der Waals surface area contributed by atoms with E-state index in [1.807, 2.05) is 0 Å². The number of fused-ring (bicyclic) bond motifs is 1. The highest BCUT2D eigenvalue weighted by Crippen LogP contribution is 2.41. The van der Waals surface area contributed by atoms with E-state index in [0.29, 0.717) is 36.7 Å². The number of carbonyl (C=O) groups excluding carboxylic acids is 1. The molecule has 0 fully saturated rings. The topological polar surface area (TPSA) is 63.2 Å². The number of hydrogen-bond donors (Lipinski definition) is 1. The van der Waals surface area contributed by atoms with Gasteiger partial charge in [0.25, 0.3) is 5.91 Å². The highest BCUT2D eigenvalue weighted by atomic mass is 35.5. The van der Waals surface area contributed by atoms with Crippen molar-refractivity contribution in [1.29, 1.82) is 0 Å². The summed E-state index contributed by atoms with van der Waals surface area (Å²) in [5, 5.41) is 4.22. The summed E-state index contributed by atoms with van der Waals surface area (Å²) >= 11 is 25.6. The van der Waals surface area contributed by atoms with Crippen molar-refractivity contribution in [1.82, 2.24) is 0 Å². The Labute approximate surface area is 209 Å². The number of anilines is 1. The quantitative estimate of drug-likeness (QED) is 0.348. The van der Waals surface area contributed by atoms with Crippen molar-refractivity contribution in [3.63, 3.8) is 0 Å². The van der Waals surface area contributed by atoms with Gasteiger partial charge in [0.2, 0.25) is 0 Å². The van der Waals surface area contributed by atoms with Gasteiger partial charge in [-0.1, -0.05) is 70.3 Å². The summed E-state index contributed by atoms with van der Waals surface area (Å²) in [7, 11) is -3.74. The Morgan fingerprint density at radius 2 is 1.62 bits per heavy atom. The summed E-state index contributed by atoms with van der Waals surface area (Å²) in [6, 6.07) is 14.3. The average molecular weight is 545 g/mol. The molecule has 4 nitrogen and oxygen atoms in total. The van der Waals surface area contributed by atoms with Crippen molar-refractivity contribution in [3.05, 3.63) is 90.7 Å². The number of sulfone groups is 1. The molecule has 0 saturated carbocycles. The minimum atomic E-state index is -3.74.